The standard InChI is InChI=1S/C14H12N2O6/c17-13(18)11-3-1-2-4-12(11)15-8-9-7-10(16(21)22)5-6-14(9,19)20/h1-9,19-20H,(H,17,18). The number of hydrogen-bond acceptors (Lipinski definition) is 6. The average Bonchev–Trinajstić information content (AvgIpc) is 2.45. The molecule has 1 aromatic carbocycles. The van der Waals surface area contributed by atoms with Gasteiger partial charge in [0.2, 0.25) is 0 Å². The van der Waals surface area contributed by atoms with Crippen LogP contribution in [0.2, 0.25) is 0 Å². The Labute approximate surface area is 124 Å². The van der Waals surface area contributed by atoms with Gasteiger partial charge < -0.3 is 15.3 Å². The van der Waals surface area contributed by atoms with E-state index < -0.39 is 22.6 Å². The van der Waals surface area contributed by atoms with E-state index in [0.29, 0.717) is 0 Å². The van der Waals surface area contributed by atoms with Crippen LogP contribution in [-0.2, 0) is 0 Å². The molecular formula is C14H12N2O6. The predicted octanol–water partition coefficient (Wildman–Crippen LogP) is 1.11. The van der Waals surface area contributed by atoms with E-state index in [2.05, 4.69) is 4.99 Å². The van der Waals surface area contributed by atoms with Crippen molar-refractivity contribution in [2.24, 2.45) is 10.9 Å². The van der Waals surface area contributed by atoms with Gasteiger partial charge in [0, 0.05) is 18.4 Å². The number of aliphatic imine (C=N–C) groups is 1. The third-order valence-corrected chi connectivity index (χ3v) is 3.06. The highest BCUT2D eigenvalue weighted by Gasteiger charge is 2.34. The van der Waals surface area contributed by atoms with Crippen LogP contribution in [0.5, 0.6) is 0 Å². The van der Waals surface area contributed by atoms with E-state index in [9.17, 15) is 25.1 Å². The Morgan fingerprint density at radius 2 is 2.05 bits per heavy atom. The molecule has 0 fully saturated rings. The van der Waals surface area contributed by atoms with E-state index in [1.165, 1.54) is 18.2 Å². The maximum Gasteiger partial charge on any atom is 0.337 e. The molecule has 1 atom stereocenters. The molecule has 0 heterocycles. The van der Waals surface area contributed by atoms with Gasteiger partial charge in [-0.25, -0.2) is 4.79 Å². The molecule has 8 heteroatoms. The van der Waals surface area contributed by atoms with E-state index in [0.717, 1.165) is 24.4 Å². The molecular weight excluding hydrogens is 292 g/mol. The minimum atomic E-state index is -2.33. The summed E-state index contributed by atoms with van der Waals surface area (Å²) in [7, 11) is 0. The summed E-state index contributed by atoms with van der Waals surface area (Å²) in [6.45, 7) is 0. The lowest BCUT2D eigenvalue weighted by Crippen LogP contribution is -2.37. The number of carbonyl (C=O) groups is 1. The SMILES string of the molecule is O=C(O)c1ccccc1N=CC1C=C([N+](=O)[O-])C=CC1(O)O. The number of aromatic carboxylic acids is 1. The number of allylic oxidation sites excluding steroid dienone is 1. The van der Waals surface area contributed by atoms with Crippen LogP contribution in [0.1, 0.15) is 10.4 Å². The fourth-order valence-electron chi connectivity index (χ4n) is 1.88. The number of benzene rings is 1. The van der Waals surface area contributed by atoms with Gasteiger partial charge in [0.05, 0.1) is 22.1 Å². The van der Waals surface area contributed by atoms with E-state index in [1.54, 1.807) is 6.07 Å². The summed E-state index contributed by atoms with van der Waals surface area (Å²) < 4.78 is 0. The minimum Gasteiger partial charge on any atom is -0.478 e. The third kappa shape index (κ3) is 3.25. The lowest BCUT2D eigenvalue weighted by atomic mass is 9.93. The molecule has 1 aromatic rings. The number of para-hydroxylation sites is 1. The topological polar surface area (TPSA) is 133 Å². The van der Waals surface area contributed by atoms with E-state index in [4.69, 9.17) is 5.11 Å². The van der Waals surface area contributed by atoms with Gasteiger partial charge in [0.15, 0.2) is 5.79 Å². The van der Waals surface area contributed by atoms with Crippen molar-refractivity contribution in [2.75, 3.05) is 0 Å². The lowest BCUT2D eigenvalue weighted by Gasteiger charge is -2.24. The van der Waals surface area contributed by atoms with Crippen LogP contribution in [0.25, 0.3) is 0 Å². The van der Waals surface area contributed by atoms with E-state index in [1.807, 2.05) is 0 Å². The smallest absolute Gasteiger partial charge is 0.337 e. The summed E-state index contributed by atoms with van der Waals surface area (Å²) in [5, 5.41) is 39.3. The Balaban J connectivity index is 2.34. The molecule has 0 radical (unpaired) electrons. The molecule has 0 aromatic heterocycles. The molecule has 1 aliphatic carbocycles. The van der Waals surface area contributed by atoms with Gasteiger partial charge in [-0.15, -0.1) is 0 Å². The van der Waals surface area contributed by atoms with Crippen LogP contribution in [0.4, 0.5) is 5.69 Å². The summed E-state index contributed by atoms with van der Waals surface area (Å²) >= 11 is 0. The number of nitro groups is 1. The largest absolute Gasteiger partial charge is 0.478 e. The Morgan fingerprint density at radius 3 is 2.68 bits per heavy atom. The van der Waals surface area contributed by atoms with Gasteiger partial charge in [0.25, 0.3) is 5.70 Å². The second-order valence-electron chi connectivity index (χ2n) is 4.59. The number of rotatable bonds is 4. The van der Waals surface area contributed by atoms with Crippen LogP contribution in [0, 0.1) is 16.0 Å². The van der Waals surface area contributed by atoms with Crippen LogP contribution < -0.4 is 0 Å². The highest BCUT2D eigenvalue weighted by molar-refractivity contribution is 5.94. The van der Waals surface area contributed by atoms with Crippen molar-refractivity contribution in [1.29, 1.82) is 0 Å². The molecule has 2 rings (SSSR count). The molecule has 0 aliphatic heterocycles. The molecule has 0 amide bonds. The molecule has 22 heavy (non-hydrogen) atoms. The number of carboxylic acid groups (broad SMARTS) is 1. The molecule has 0 spiro atoms. The Hall–Kier alpha value is -2.84. The zero-order valence-electron chi connectivity index (χ0n) is 11.2. The van der Waals surface area contributed by atoms with Crippen molar-refractivity contribution in [3.05, 3.63) is 63.9 Å². The predicted molar refractivity (Wildman–Crippen MR) is 76.4 cm³/mol. The first-order valence-corrected chi connectivity index (χ1v) is 6.18. The van der Waals surface area contributed by atoms with Crippen molar-refractivity contribution in [3.8, 4) is 0 Å². The van der Waals surface area contributed by atoms with Crippen molar-refractivity contribution in [3.63, 3.8) is 0 Å². The van der Waals surface area contributed by atoms with Gasteiger partial charge in [-0.05, 0) is 18.2 Å². The average molecular weight is 304 g/mol. The number of nitrogens with zero attached hydrogens (tertiary/aromatic N) is 2. The fourth-order valence-corrected chi connectivity index (χ4v) is 1.88. The zero-order chi connectivity index (χ0) is 16.3. The van der Waals surface area contributed by atoms with Crippen molar-refractivity contribution in [1.82, 2.24) is 0 Å². The molecule has 0 bridgehead atoms. The summed E-state index contributed by atoms with van der Waals surface area (Å²) in [5.41, 5.74) is -0.261. The summed E-state index contributed by atoms with van der Waals surface area (Å²) in [6.07, 6.45) is 3.96. The maximum atomic E-state index is 11.1. The number of carboxylic acids is 1. The Morgan fingerprint density at radius 1 is 1.36 bits per heavy atom. The molecule has 1 aliphatic rings. The normalized spacial score (nSPS) is 19.9. The molecule has 3 N–H and O–H groups in total. The second kappa shape index (κ2) is 5.88. The number of aliphatic hydroxyl groups is 2. The molecule has 8 nitrogen and oxygen atoms in total. The second-order valence-corrected chi connectivity index (χ2v) is 4.59. The van der Waals surface area contributed by atoms with Crippen LogP contribution >= 0.6 is 0 Å². The van der Waals surface area contributed by atoms with E-state index >= 15 is 0 Å². The number of hydrogen-bond donors (Lipinski definition) is 3. The Bertz CT molecular complexity index is 705. The lowest BCUT2D eigenvalue weighted by molar-refractivity contribution is -0.420. The van der Waals surface area contributed by atoms with Crippen LogP contribution in [0.3, 0.4) is 0 Å². The van der Waals surface area contributed by atoms with Gasteiger partial charge >= 0.3 is 5.97 Å². The highest BCUT2D eigenvalue weighted by atomic mass is 16.6. The summed E-state index contributed by atoms with van der Waals surface area (Å²) in [4.78, 5) is 25.0. The fraction of sp³-hybridized carbons (Fsp3) is 0.143. The van der Waals surface area contributed by atoms with Crippen molar-refractivity contribution < 1.29 is 25.0 Å². The molecule has 1 unspecified atom stereocenters. The van der Waals surface area contributed by atoms with Gasteiger partial charge in [0.1, 0.15) is 0 Å². The van der Waals surface area contributed by atoms with Gasteiger partial charge in [-0.3, -0.25) is 15.1 Å². The minimum absolute atomic E-state index is 0.0648. The Kier molecular flexibility index (Phi) is 4.15. The van der Waals surface area contributed by atoms with Crippen molar-refractivity contribution in [2.45, 2.75) is 5.79 Å². The van der Waals surface area contributed by atoms with Crippen LogP contribution in [0.15, 0.2) is 53.2 Å². The quantitative estimate of drug-likeness (QED) is 0.330. The van der Waals surface area contributed by atoms with E-state index in [-0.39, 0.29) is 16.9 Å². The molecule has 114 valence electrons. The van der Waals surface area contributed by atoms with Gasteiger partial charge in [-0.2, -0.15) is 0 Å². The molecule has 0 saturated carbocycles. The first-order valence-electron chi connectivity index (χ1n) is 6.18. The first-order chi connectivity index (χ1) is 10.3. The maximum absolute atomic E-state index is 11.1. The van der Waals surface area contributed by atoms with Gasteiger partial charge in [-0.1, -0.05) is 12.1 Å². The zero-order valence-corrected chi connectivity index (χ0v) is 11.2. The van der Waals surface area contributed by atoms with Crippen molar-refractivity contribution >= 4 is 17.9 Å². The van der Waals surface area contributed by atoms with Crippen LogP contribution in [-0.4, -0.2) is 38.2 Å². The third-order valence-electron chi connectivity index (χ3n) is 3.06. The monoisotopic (exact) mass is 304 g/mol. The summed E-state index contributed by atoms with van der Waals surface area (Å²) in [6, 6.07) is 5.88. The first kappa shape index (κ1) is 15.5. The summed E-state index contributed by atoms with van der Waals surface area (Å²) in [5.74, 6) is -4.70. The molecule has 0 saturated heterocycles. The highest BCUT2D eigenvalue weighted by Crippen LogP contribution is 2.26.